The molecule has 2 aromatic carbocycles. The first-order valence-electron chi connectivity index (χ1n) is 9.14. The maximum atomic E-state index is 12.0. The molecule has 1 fully saturated rings. The normalized spacial score (nSPS) is 15.9. The molecule has 3 rings (SSSR count). The van der Waals surface area contributed by atoms with E-state index in [1.165, 1.54) is 0 Å². The quantitative estimate of drug-likeness (QED) is 0.703. The molecule has 2 amide bonds. The van der Waals surface area contributed by atoms with E-state index >= 15 is 0 Å². The topological polar surface area (TPSA) is 76.7 Å². The van der Waals surface area contributed by atoms with E-state index in [1.54, 1.807) is 24.3 Å². The smallest absolute Gasteiger partial charge is 0.233 e. The summed E-state index contributed by atoms with van der Waals surface area (Å²) < 4.78 is 11.1. The van der Waals surface area contributed by atoms with Gasteiger partial charge in [0, 0.05) is 18.8 Å². The predicted molar refractivity (Wildman–Crippen MR) is 102 cm³/mol. The Hall–Kier alpha value is -2.86. The van der Waals surface area contributed by atoms with Crippen LogP contribution in [0.5, 0.6) is 5.75 Å². The zero-order valence-electron chi connectivity index (χ0n) is 15.1. The van der Waals surface area contributed by atoms with Gasteiger partial charge in [-0.15, -0.1) is 0 Å². The van der Waals surface area contributed by atoms with Crippen LogP contribution in [0.3, 0.4) is 0 Å². The van der Waals surface area contributed by atoms with Gasteiger partial charge in [0.15, 0.2) is 0 Å². The number of amides is 2. The van der Waals surface area contributed by atoms with E-state index < -0.39 is 0 Å². The van der Waals surface area contributed by atoms with Gasteiger partial charge in [-0.3, -0.25) is 9.59 Å². The second-order valence-electron chi connectivity index (χ2n) is 6.46. The van der Waals surface area contributed by atoms with Crippen molar-refractivity contribution in [3.8, 4) is 5.75 Å². The van der Waals surface area contributed by atoms with Crippen LogP contribution in [0.15, 0.2) is 54.6 Å². The molecule has 2 N–H and O–H groups in total. The van der Waals surface area contributed by atoms with Gasteiger partial charge in [0.2, 0.25) is 11.8 Å². The van der Waals surface area contributed by atoms with Crippen LogP contribution in [0.2, 0.25) is 0 Å². The third kappa shape index (κ3) is 6.42. The van der Waals surface area contributed by atoms with Crippen LogP contribution in [-0.4, -0.2) is 31.1 Å². The molecule has 0 aromatic heterocycles. The largest absolute Gasteiger partial charge is 0.489 e. The lowest BCUT2D eigenvalue weighted by atomic mass is 10.2. The van der Waals surface area contributed by atoms with Crippen LogP contribution in [0, 0.1) is 0 Å². The van der Waals surface area contributed by atoms with Crippen LogP contribution < -0.4 is 15.4 Å². The molecule has 1 saturated heterocycles. The minimum atomic E-state index is -0.349. The highest BCUT2D eigenvalue weighted by Gasteiger charge is 2.17. The summed E-state index contributed by atoms with van der Waals surface area (Å²) in [5.41, 5.74) is 1.71. The average Bonchev–Trinajstić information content (AvgIpc) is 3.20. The fourth-order valence-electron chi connectivity index (χ4n) is 2.82. The first-order valence-corrected chi connectivity index (χ1v) is 9.14. The van der Waals surface area contributed by atoms with Gasteiger partial charge in [-0.2, -0.15) is 0 Å². The van der Waals surface area contributed by atoms with Crippen LogP contribution in [0.1, 0.15) is 24.8 Å². The Kier molecular flexibility index (Phi) is 6.82. The Bertz CT molecular complexity index is 741. The second-order valence-corrected chi connectivity index (χ2v) is 6.46. The van der Waals surface area contributed by atoms with Gasteiger partial charge in [0.1, 0.15) is 18.8 Å². The lowest BCUT2D eigenvalue weighted by Gasteiger charge is -2.11. The van der Waals surface area contributed by atoms with Gasteiger partial charge in [-0.05, 0) is 42.7 Å². The summed E-state index contributed by atoms with van der Waals surface area (Å²) in [6, 6.07) is 17.0. The highest BCUT2D eigenvalue weighted by atomic mass is 16.5. The molecule has 1 unspecified atom stereocenters. The number of hydrogen-bond acceptors (Lipinski definition) is 4. The van der Waals surface area contributed by atoms with Gasteiger partial charge in [0.25, 0.3) is 0 Å². The molecular weight excluding hydrogens is 344 g/mol. The average molecular weight is 368 g/mol. The molecule has 0 bridgehead atoms. The summed E-state index contributed by atoms with van der Waals surface area (Å²) in [4.78, 5) is 23.8. The Morgan fingerprint density at radius 2 is 1.81 bits per heavy atom. The van der Waals surface area contributed by atoms with E-state index in [1.807, 2.05) is 30.3 Å². The molecule has 6 heteroatoms. The summed E-state index contributed by atoms with van der Waals surface area (Å²) in [7, 11) is 0. The molecule has 1 aliphatic heterocycles. The van der Waals surface area contributed by atoms with E-state index in [2.05, 4.69) is 10.6 Å². The van der Waals surface area contributed by atoms with Crippen molar-refractivity contribution in [1.29, 1.82) is 0 Å². The van der Waals surface area contributed by atoms with Crippen molar-refractivity contribution in [3.05, 3.63) is 60.2 Å². The van der Waals surface area contributed by atoms with Crippen molar-refractivity contribution in [1.82, 2.24) is 5.32 Å². The van der Waals surface area contributed by atoms with Crippen LogP contribution >= 0.6 is 0 Å². The fourth-order valence-corrected chi connectivity index (χ4v) is 2.82. The lowest BCUT2D eigenvalue weighted by Crippen LogP contribution is -2.34. The Balaban J connectivity index is 1.39. The van der Waals surface area contributed by atoms with Crippen molar-refractivity contribution >= 4 is 17.5 Å². The Morgan fingerprint density at radius 3 is 2.52 bits per heavy atom. The summed E-state index contributed by atoms with van der Waals surface area (Å²) in [6.45, 7) is 1.68. The Labute approximate surface area is 158 Å². The highest BCUT2D eigenvalue weighted by Crippen LogP contribution is 2.17. The van der Waals surface area contributed by atoms with Gasteiger partial charge in [-0.25, -0.2) is 0 Å². The lowest BCUT2D eigenvalue weighted by molar-refractivity contribution is -0.127. The molecule has 1 aliphatic rings. The molecule has 27 heavy (non-hydrogen) atoms. The molecular formula is C21H24N2O4. The molecule has 0 aliphatic carbocycles. The maximum absolute atomic E-state index is 12.0. The fraction of sp³-hybridized carbons (Fsp3) is 0.333. The van der Waals surface area contributed by atoms with E-state index in [9.17, 15) is 9.59 Å². The maximum Gasteiger partial charge on any atom is 0.233 e. The number of rotatable bonds is 8. The number of nitrogens with one attached hydrogen (secondary N) is 2. The number of ether oxygens (including phenoxy) is 2. The van der Waals surface area contributed by atoms with Crippen molar-refractivity contribution in [3.63, 3.8) is 0 Å². The van der Waals surface area contributed by atoms with Crippen molar-refractivity contribution in [2.75, 3.05) is 18.5 Å². The van der Waals surface area contributed by atoms with E-state index in [0.717, 1.165) is 25.0 Å². The molecule has 0 radical (unpaired) electrons. The summed E-state index contributed by atoms with van der Waals surface area (Å²) in [5, 5.41) is 5.45. The van der Waals surface area contributed by atoms with Gasteiger partial charge in [-0.1, -0.05) is 30.3 Å². The van der Waals surface area contributed by atoms with Crippen molar-refractivity contribution < 1.29 is 19.1 Å². The van der Waals surface area contributed by atoms with Crippen molar-refractivity contribution in [2.45, 2.75) is 32.0 Å². The van der Waals surface area contributed by atoms with E-state index in [4.69, 9.17) is 9.47 Å². The van der Waals surface area contributed by atoms with Crippen LogP contribution in [0.25, 0.3) is 0 Å². The second kappa shape index (κ2) is 9.73. The molecule has 0 spiro atoms. The van der Waals surface area contributed by atoms with Gasteiger partial charge < -0.3 is 20.1 Å². The molecule has 142 valence electrons. The Morgan fingerprint density at radius 1 is 1.04 bits per heavy atom. The minimum Gasteiger partial charge on any atom is -0.489 e. The number of anilines is 1. The molecule has 2 aromatic rings. The summed E-state index contributed by atoms with van der Waals surface area (Å²) in [5.74, 6) is 0.0646. The zero-order chi connectivity index (χ0) is 18.9. The van der Waals surface area contributed by atoms with E-state index in [0.29, 0.717) is 24.6 Å². The minimum absolute atomic E-state index is 0.0699. The van der Waals surface area contributed by atoms with Crippen LogP contribution in [-0.2, 0) is 20.9 Å². The number of carbonyl (C=O) groups excluding carboxylic acids is 2. The highest BCUT2D eigenvalue weighted by molar-refractivity contribution is 6.03. The third-order valence-corrected chi connectivity index (χ3v) is 4.26. The number of hydrogen-bond donors (Lipinski definition) is 2. The third-order valence-electron chi connectivity index (χ3n) is 4.26. The monoisotopic (exact) mass is 368 g/mol. The first-order chi connectivity index (χ1) is 13.2. The predicted octanol–water partition coefficient (Wildman–Crippen LogP) is 2.89. The first kappa shape index (κ1) is 18.9. The number of benzene rings is 2. The standard InChI is InChI=1S/C21H24N2O4/c24-20(22-14-19-7-4-12-26-19)13-21(25)23-17-8-10-18(11-9-17)27-15-16-5-2-1-3-6-16/h1-3,5-6,8-11,19H,4,7,12-15H2,(H,22,24)(H,23,25). The summed E-state index contributed by atoms with van der Waals surface area (Å²) >= 11 is 0. The van der Waals surface area contributed by atoms with Crippen molar-refractivity contribution in [2.24, 2.45) is 0 Å². The SMILES string of the molecule is O=C(CC(=O)Nc1ccc(OCc2ccccc2)cc1)NCC1CCCO1. The molecule has 6 nitrogen and oxygen atoms in total. The number of carbonyl (C=O) groups is 2. The summed E-state index contributed by atoms with van der Waals surface area (Å²) in [6.07, 6.45) is 1.83. The van der Waals surface area contributed by atoms with Gasteiger partial charge in [0.05, 0.1) is 6.10 Å². The van der Waals surface area contributed by atoms with Crippen LogP contribution in [0.4, 0.5) is 5.69 Å². The molecule has 1 atom stereocenters. The zero-order valence-corrected chi connectivity index (χ0v) is 15.1. The molecule has 1 heterocycles. The van der Waals surface area contributed by atoms with Gasteiger partial charge >= 0.3 is 0 Å². The van der Waals surface area contributed by atoms with E-state index in [-0.39, 0.29) is 24.3 Å². The molecule has 0 saturated carbocycles.